The van der Waals surface area contributed by atoms with Crippen molar-refractivity contribution >= 4 is 5.78 Å². The number of ether oxygens (including phenoxy) is 1. The first kappa shape index (κ1) is 8.79. The zero-order valence-electron chi connectivity index (χ0n) is 8.30. The van der Waals surface area contributed by atoms with Gasteiger partial charge in [0.15, 0.2) is 11.5 Å². The highest BCUT2D eigenvalue weighted by atomic mass is 16.5. The quantitative estimate of drug-likeness (QED) is 0.619. The lowest BCUT2D eigenvalue weighted by molar-refractivity contribution is -0.118. The molecule has 0 saturated carbocycles. The molecule has 2 nitrogen and oxygen atoms in total. The van der Waals surface area contributed by atoms with Crippen LogP contribution >= 0.6 is 0 Å². The van der Waals surface area contributed by atoms with Crippen LogP contribution in [0, 0.1) is 11.8 Å². The predicted molar refractivity (Wildman–Crippen MR) is 50.2 cm³/mol. The lowest BCUT2D eigenvalue weighted by Crippen LogP contribution is -2.11. The molecule has 0 unspecified atom stereocenters. The van der Waals surface area contributed by atoms with E-state index in [9.17, 15) is 4.79 Å². The largest absolute Gasteiger partial charge is 0.490 e. The topological polar surface area (TPSA) is 26.3 Å². The average Bonchev–Trinajstić information content (AvgIpc) is 2.45. The minimum atomic E-state index is 0.230. The molecule has 1 atom stereocenters. The molecule has 72 valence electrons. The van der Waals surface area contributed by atoms with Gasteiger partial charge in [-0.1, -0.05) is 13.8 Å². The zero-order valence-corrected chi connectivity index (χ0v) is 8.30. The lowest BCUT2D eigenvalue weighted by atomic mass is 9.87. The molecule has 2 aliphatic rings. The van der Waals surface area contributed by atoms with Gasteiger partial charge < -0.3 is 4.74 Å². The van der Waals surface area contributed by atoms with E-state index in [0.717, 1.165) is 19.4 Å². The van der Waals surface area contributed by atoms with Crippen LogP contribution in [0.1, 0.15) is 33.1 Å². The van der Waals surface area contributed by atoms with E-state index in [2.05, 4.69) is 13.8 Å². The van der Waals surface area contributed by atoms with Crippen molar-refractivity contribution in [2.75, 3.05) is 6.61 Å². The second kappa shape index (κ2) is 3.17. The smallest absolute Gasteiger partial charge is 0.197 e. The molecule has 0 aromatic heterocycles. The molecule has 0 saturated heterocycles. The number of allylic oxidation sites excluding steroid dienone is 2. The molecule has 0 N–H and O–H groups in total. The fourth-order valence-corrected chi connectivity index (χ4v) is 2.31. The molecule has 0 radical (unpaired) electrons. The van der Waals surface area contributed by atoms with Gasteiger partial charge in [-0.3, -0.25) is 4.79 Å². The molecule has 1 heterocycles. The van der Waals surface area contributed by atoms with Gasteiger partial charge in [0.2, 0.25) is 0 Å². The summed E-state index contributed by atoms with van der Waals surface area (Å²) in [7, 11) is 0. The molecular weight excluding hydrogens is 164 g/mol. The molecule has 0 aromatic rings. The Morgan fingerprint density at radius 2 is 2.23 bits per heavy atom. The van der Waals surface area contributed by atoms with E-state index in [0.29, 0.717) is 24.0 Å². The highest BCUT2D eigenvalue weighted by molar-refractivity contribution is 5.97. The highest BCUT2D eigenvalue weighted by Gasteiger charge is 2.36. The Hall–Kier alpha value is -0.790. The van der Waals surface area contributed by atoms with Gasteiger partial charge in [-0.05, 0) is 30.3 Å². The summed E-state index contributed by atoms with van der Waals surface area (Å²) < 4.78 is 5.42. The van der Waals surface area contributed by atoms with E-state index < -0.39 is 0 Å². The number of carbonyl (C=O) groups is 1. The summed E-state index contributed by atoms with van der Waals surface area (Å²) in [6.45, 7) is 5.10. The fraction of sp³-hybridized carbons (Fsp3) is 0.727. The minimum Gasteiger partial charge on any atom is -0.490 e. The number of Topliss-reactive ketones (excluding diaryl/α,β-unsaturated/α-hetero) is 1. The molecule has 2 rings (SSSR count). The second-order valence-corrected chi connectivity index (χ2v) is 4.28. The Kier molecular flexibility index (Phi) is 2.14. The Bertz CT molecular complexity index is 263. The van der Waals surface area contributed by atoms with Crippen LogP contribution in [0.25, 0.3) is 0 Å². The third-order valence-electron chi connectivity index (χ3n) is 3.04. The first-order chi connectivity index (χ1) is 6.20. The van der Waals surface area contributed by atoms with Crippen LogP contribution in [0.15, 0.2) is 11.3 Å². The molecule has 1 aliphatic heterocycles. The van der Waals surface area contributed by atoms with Crippen LogP contribution in [0.2, 0.25) is 0 Å². The van der Waals surface area contributed by atoms with E-state index in [1.165, 1.54) is 5.57 Å². The normalized spacial score (nSPS) is 27.9. The van der Waals surface area contributed by atoms with Crippen LogP contribution in [0.5, 0.6) is 0 Å². The number of hydrogen-bond acceptors (Lipinski definition) is 2. The van der Waals surface area contributed by atoms with Crippen LogP contribution in [-0.4, -0.2) is 12.4 Å². The molecule has 0 aromatic carbocycles. The molecule has 0 fully saturated rings. The zero-order chi connectivity index (χ0) is 9.42. The summed E-state index contributed by atoms with van der Waals surface area (Å²) >= 11 is 0. The maximum absolute atomic E-state index is 11.5. The first-order valence-electron chi connectivity index (χ1n) is 5.09. The van der Waals surface area contributed by atoms with E-state index in [1.54, 1.807) is 0 Å². The van der Waals surface area contributed by atoms with Crippen LogP contribution in [-0.2, 0) is 9.53 Å². The molecular formula is C11H16O2. The second-order valence-electron chi connectivity index (χ2n) is 4.28. The standard InChI is InChI=1S/C11H16O2/c1-7(2)9-6-10(12)11-8(9)4-3-5-13-11/h7,9H,3-6H2,1-2H3/t9-/m0/s1. The van der Waals surface area contributed by atoms with Crippen molar-refractivity contribution in [3.05, 3.63) is 11.3 Å². The Morgan fingerprint density at radius 1 is 1.46 bits per heavy atom. The van der Waals surface area contributed by atoms with Gasteiger partial charge in [0.05, 0.1) is 6.61 Å². The number of hydrogen-bond donors (Lipinski definition) is 0. The first-order valence-corrected chi connectivity index (χ1v) is 5.09. The molecule has 0 spiro atoms. The van der Waals surface area contributed by atoms with E-state index in [4.69, 9.17) is 4.74 Å². The molecule has 0 amide bonds. The van der Waals surface area contributed by atoms with Crippen molar-refractivity contribution in [2.45, 2.75) is 33.1 Å². The SMILES string of the molecule is CC(C)[C@@H]1CC(=O)C2=C1CCCO2. The Labute approximate surface area is 79.0 Å². The van der Waals surface area contributed by atoms with Crippen molar-refractivity contribution in [3.8, 4) is 0 Å². The van der Waals surface area contributed by atoms with Gasteiger partial charge in [0.25, 0.3) is 0 Å². The van der Waals surface area contributed by atoms with Crippen LogP contribution < -0.4 is 0 Å². The van der Waals surface area contributed by atoms with Crippen molar-refractivity contribution < 1.29 is 9.53 Å². The maximum atomic E-state index is 11.5. The number of carbonyl (C=O) groups excluding carboxylic acids is 1. The third kappa shape index (κ3) is 1.38. The van der Waals surface area contributed by atoms with Gasteiger partial charge in [0.1, 0.15) is 0 Å². The summed E-state index contributed by atoms with van der Waals surface area (Å²) in [4.78, 5) is 11.5. The van der Waals surface area contributed by atoms with Gasteiger partial charge in [-0.15, -0.1) is 0 Å². The Balaban J connectivity index is 2.28. The van der Waals surface area contributed by atoms with Crippen LogP contribution in [0.3, 0.4) is 0 Å². The summed E-state index contributed by atoms with van der Waals surface area (Å²) in [5.41, 5.74) is 1.30. The monoisotopic (exact) mass is 180 g/mol. The Morgan fingerprint density at radius 3 is 2.92 bits per heavy atom. The third-order valence-corrected chi connectivity index (χ3v) is 3.04. The number of ketones is 1. The van der Waals surface area contributed by atoms with E-state index in [1.807, 2.05) is 0 Å². The van der Waals surface area contributed by atoms with Gasteiger partial charge in [-0.2, -0.15) is 0 Å². The molecule has 13 heavy (non-hydrogen) atoms. The average molecular weight is 180 g/mol. The van der Waals surface area contributed by atoms with Crippen LogP contribution in [0.4, 0.5) is 0 Å². The molecule has 0 bridgehead atoms. The lowest BCUT2D eigenvalue weighted by Gasteiger charge is -2.21. The summed E-state index contributed by atoms with van der Waals surface area (Å²) in [6.07, 6.45) is 2.83. The summed E-state index contributed by atoms with van der Waals surface area (Å²) in [5, 5.41) is 0. The van der Waals surface area contributed by atoms with E-state index in [-0.39, 0.29) is 5.78 Å². The van der Waals surface area contributed by atoms with Gasteiger partial charge >= 0.3 is 0 Å². The predicted octanol–water partition coefficient (Wildman–Crippen LogP) is 2.30. The van der Waals surface area contributed by atoms with Crippen molar-refractivity contribution in [2.24, 2.45) is 11.8 Å². The molecule has 2 heteroatoms. The fourth-order valence-electron chi connectivity index (χ4n) is 2.31. The van der Waals surface area contributed by atoms with Crippen molar-refractivity contribution in [1.82, 2.24) is 0 Å². The van der Waals surface area contributed by atoms with Gasteiger partial charge in [-0.25, -0.2) is 0 Å². The maximum Gasteiger partial charge on any atom is 0.197 e. The van der Waals surface area contributed by atoms with E-state index >= 15 is 0 Å². The highest BCUT2D eigenvalue weighted by Crippen LogP contribution is 2.39. The number of rotatable bonds is 1. The summed E-state index contributed by atoms with van der Waals surface area (Å²) in [5.74, 6) is 1.97. The van der Waals surface area contributed by atoms with Crippen molar-refractivity contribution in [3.63, 3.8) is 0 Å². The minimum absolute atomic E-state index is 0.230. The van der Waals surface area contributed by atoms with Crippen molar-refractivity contribution in [1.29, 1.82) is 0 Å². The van der Waals surface area contributed by atoms with Gasteiger partial charge in [0, 0.05) is 6.42 Å². The molecule has 1 aliphatic carbocycles. The summed E-state index contributed by atoms with van der Waals surface area (Å²) in [6, 6.07) is 0.